The van der Waals surface area contributed by atoms with Crippen LogP contribution >= 0.6 is 0 Å². The second kappa shape index (κ2) is 10.4. The first-order chi connectivity index (χ1) is 15.9. The molecule has 1 fully saturated rings. The lowest BCUT2D eigenvalue weighted by atomic mass is 9.92. The van der Waals surface area contributed by atoms with Crippen LogP contribution in [0.25, 0.3) is 22.6 Å². The number of nitrogens with zero attached hydrogens (tertiary/aromatic N) is 2. The lowest BCUT2D eigenvalue weighted by molar-refractivity contribution is -0.140. The van der Waals surface area contributed by atoms with Crippen molar-refractivity contribution in [2.24, 2.45) is 5.92 Å². The third kappa shape index (κ3) is 6.16. The van der Waals surface area contributed by atoms with Crippen LogP contribution in [0.5, 0.6) is 5.75 Å². The number of piperidine rings is 1. The molecule has 3 aromatic rings. The maximum atomic E-state index is 13.6. The van der Waals surface area contributed by atoms with Gasteiger partial charge in [-0.1, -0.05) is 36.8 Å². The van der Waals surface area contributed by atoms with Crippen molar-refractivity contribution >= 4 is 0 Å². The third-order valence-corrected chi connectivity index (χ3v) is 6.28. The van der Waals surface area contributed by atoms with E-state index in [4.69, 9.17) is 4.74 Å². The summed E-state index contributed by atoms with van der Waals surface area (Å²) in [6.07, 6.45) is 1.46. The van der Waals surface area contributed by atoms with Crippen LogP contribution in [0.1, 0.15) is 37.8 Å². The van der Waals surface area contributed by atoms with Gasteiger partial charge in [-0.3, -0.25) is 0 Å². The molecule has 0 bridgehead atoms. The van der Waals surface area contributed by atoms with E-state index in [1.54, 1.807) is 54.6 Å². The topological polar surface area (TPSA) is 41.1 Å². The lowest BCUT2D eigenvalue weighted by Gasteiger charge is -2.28. The average Bonchev–Trinajstić information content (AvgIpc) is 3.27. The first-order valence-corrected chi connectivity index (χ1v) is 11.5. The fraction of sp³-hybridized carbons (Fsp3) is 0.423. The standard InChI is InChI=1S/C26H30F3N3O/c1-32-16-14-19(15-17-32)7-5-6-18-33-22-12-10-21(11-13-22)25-30-23(20-8-3-2-4-9-20)24(31-25)26(27,28)29/h2-4,8-13,19H,5-7,14-18H2,1H3,(H,30,31). The van der Waals surface area contributed by atoms with Gasteiger partial charge in [0.2, 0.25) is 0 Å². The number of ether oxygens (including phenoxy) is 1. The number of alkyl halides is 3. The molecule has 176 valence electrons. The molecule has 1 aliphatic heterocycles. The van der Waals surface area contributed by atoms with Crippen molar-refractivity contribution in [2.75, 3.05) is 26.7 Å². The quantitative estimate of drug-likeness (QED) is 0.385. The van der Waals surface area contributed by atoms with Crippen LogP contribution in [0.15, 0.2) is 54.6 Å². The Kier molecular flexibility index (Phi) is 7.38. The van der Waals surface area contributed by atoms with Crippen molar-refractivity contribution in [1.29, 1.82) is 0 Å². The Balaban J connectivity index is 1.34. The minimum absolute atomic E-state index is 0.0944. The molecule has 2 heterocycles. The Morgan fingerprint density at radius 3 is 2.33 bits per heavy atom. The number of benzene rings is 2. The number of nitrogens with one attached hydrogen (secondary N) is 1. The van der Waals surface area contributed by atoms with E-state index < -0.39 is 11.9 Å². The maximum Gasteiger partial charge on any atom is 0.433 e. The minimum atomic E-state index is -4.52. The van der Waals surface area contributed by atoms with Crippen molar-refractivity contribution in [3.8, 4) is 28.4 Å². The van der Waals surface area contributed by atoms with Gasteiger partial charge in [0.25, 0.3) is 0 Å². The van der Waals surface area contributed by atoms with E-state index >= 15 is 0 Å². The second-order valence-corrected chi connectivity index (χ2v) is 8.79. The summed E-state index contributed by atoms with van der Waals surface area (Å²) in [5, 5.41) is 0. The molecule has 33 heavy (non-hydrogen) atoms. The minimum Gasteiger partial charge on any atom is -0.494 e. The number of unbranched alkanes of at least 4 members (excludes halogenated alkanes) is 1. The summed E-state index contributed by atoms with van der Waals surface area (Å²) in [7, 11) is 2.18. The molecular weight excluding hydrogens is 427 g/mol. The number of hydrogen-bond donors (Lipinski definition) is 1. The Hall–Kier alpha value is -2.80. The summed E-state index contributed by atoms with van der Waals surface area (Å²) in [6, 6.07) is 15.4. The first kappa shape index (κ1) is 23.4. The van der Waals surface area contributed by atoms with Crippen LogP contribution in [0.4, 0.5) is 13.2 Å². The van der Waals surface area contributed by atoms with Gasteiger partial charge in [0.15, 0.2) is 0 Å². The van der Waals surface area contributed by atoms with E-state index in [1.165, 1.54) is 32.4 Å². The predicted molar refractivity (Wildman–Crippen MR) is 124 cm³/mol. The molecule has 1 N–H and O–H groups in total. The lowest BCUT2D eigenvalue weighted by Crippen LogP contribution is -2.30. The van der Waals surface area contributed by atoms with Crippen molar-refractivity contribution in [3.63, 3.8) is 0 Å². The normalized spacial score (nSPS) is 15.6. The molecule has 2 aromatic carbocycles. The van der Waals surface area contributed by atoms with Crippen LogP contribution < -0.4 is 4.74 Å². The van der Waals surface area contributed by atoms with Crippen molar-refractivity contribution in [1.82, 2.24) is 14.9 Å². The van der Waals surface area contributed by atoms with E-state index in [1.807, 2.05) is 0 Å². The maximum absolute atomic E-state index is 13.6. The molecule has 7 heteroatoms. The van der Waals surface area contributed by atoms with E-state index in [9.17, 15) is 13.2 Å². The number of rotatable bonds is 8. The zero-order valence-corrected chi connectivity index (χ0v) is 18.9. The highest BCUT2D eigenvalue weighted by molar-refractivity contribution is 5.68. The predicted octanol–water partition coefficient (Wildman–Crippen LogP) is 6.65. The van der Waals surface area contributed by atoms with Crippen molar-refractivity contribution in [3.05, 3.63) is 60.3 Å². The highest BCUT2D eigenvalue weighted by Gasteiger charge is 2.37. The molecule has 4 rings (SSSR count). The van der Waals surface area contributed by atoms with Crippen LogP contribution in [0.2, 0.25) is 0 Å². The highest BCUT2D eigenvalue weighted by atomic mass is 19.4. The molecule has 0 unspecified atom stereocenters. The zero-order chi connectivity index (χ0) is 23.3. The zero-order valence-electron chi connectivity index (χ0n) is 18.9. The van der Waals surface area contributed by atoms with E-state index in [0.29, 0.717) is 23.5 Å². The van der Waals surface area contributed by atoms with E-state index in [0.717, 1.165) is 18.8 Å². The molecule has 0 amide bonds. The highest BCUT2D eigenvalue weighted by Crippen LogP contribution is 2.37. The number of aromatic nitrogens is 2. The average molecular weight is 458 g/mol. The molecule has 4 nitrogen and oxygen atoms in total. The van der Waals surface area contributed by atoms with Gasteiger partial charge < -0.3 is 14.6 Å². The third-order valence-electron chi connectivity index (χ3n) is 6.28. The molecular formula is C26H30F3N3O. The van der Waals surface area contributed by atoms with Gasteiger partial charge in [-0.05, 0) is 76.0 Å². The van der Waals surface area contributed by atoms with Gasteiger partial charge >= 0.3 is 6.18 Å². The fourth-order valence-electron chi connectivity index (χ4n) is 4.30. The van der Waals surface area contributed by atoms with Gasteiger partial charge in [0.1, 0.15) is 23.0 Å². The Bertz CT molecular complexity index is 1010. The van der Waals surface area contributed by atoms with Gasteiger partial charge in [-0.2, -0.15) is 13.2 Å². The summed E-state index contributed by atoms with van der Waals surface area (Å²) in [4.78, 5) is 9.12. The summed E-state index contributed by atoms with van der Waals surface area (Å²) in [5.41, 5.74) is 0.0708. The fourth-order valence-corrected chi connectivity index (χ4v) is 4.30. The number of likely N-dealkylation sites (tertiary alicyclic amines) is 1. The Labute approximate surface area is 192 Å². The number of aromatic amines is 1. The van der Waals surface area contributed by atoms with Crippen LogP contribution in [0.3, 0.4) is 0 Å². The van der Waals surface area contributed by atoms with Gasteiger partial charge in [0, 0.05) is 11.1 Å². The molecule has 0 radical (unpaired) electrons. The molecule has 0 saturated carbocycles. The summed E-state index contributed by atoms with van der Waals surface area (Å²) in [6.45, 7) is 3.03. The van der Waals surface area contributed by atoms with Crippen LogP contribution in [-0.2, 0) is 6.18 Å². The van der Waals surface area contributed by atoms with Crippen LogP contribution in [0, 0.1) is 5.92 Å². The SMILES string of the molecule is CN1CCC(CCCCOc2ccc(-c3nc(-c4ccccc4)c(C(F)(F)F)[nH]3)cc2)CC1. The molecule has 1 saturated heterocycles. The molecule has 0 aliphatic carbocycles. The molecule has 0 atom stereocenters. The molecule has 0 spiro atoms. The summed E-state index contributed by atoms with van der Waals surface area (Å²) < 4.78 is 46.6. The largest absolute Gasteiger partial charge is 0.494 e. The number of imidazole rings is 1. The summed E-state index contributed by atoms with van der Waals surface area (Å²) in [5.74, 6) is 1.73. The van der Waals surface area contributed by atoms with Gasteiger partial charge in [-0.25, -0.2) is 4.98 Å². The second-order valence-electron chi connectivity index (χ2n) is 8.79. The number of H-pyrrole nitrogens is 1. The van der Waals surface area contributed by atoms with Crippen molar-refractivity contribution < 1.29 is 17.9 Å². The van der Waals surface area contributed by atoms with E-state index in [-0.39, 0.29) is 11.5 Å². The van der Waals surface area contributed by atoms with Gasteiger partial charge in [0.05, 0.1) is 6.61 Å². The molecule has 1 aliphatic rings. The first-order valence-electron chi connectivity index (χ1n) is 11.5. The Morgan fingerprint density at radius 1 is 0.970 bits per heavy atom. The smallest absolute Gasteiger partial charge is 0.433 e. The summed E-state index contributed by atoms with van der Waals surface area (Å²) >= 11 is 0. The Morgan fingerprint density at radius 2 is 1.67 bits per heavy atom. The number of hydrogen-bond acceptors (Lipinski definition) is 3. The monoisotopic (exact) mass is 457 g/mol. The van der Waals surface area contributed by atoms with Crippen molar-refractivity contribution in [2.45, 2.75) is 38.3 Å². The number of halogens is 3. The molecule has 1 aromatic heterocycles. The van der Waals surface area contributed by atoms with Crippen LogP contribution in [-0.4, -0.2) is 41.6 Å². The van der Waals surface area contributed by atoms with Gasteiger partial charge in [-0.15, -0.1) is 0 Å². The van der Waals surface area contributed by atoms with E-state index in [2.05, 4.69) is 21.9 Å².